The zero-order valence-corrected chi connectivity index (χ0v) is 13.2. The number of pyridine rings is 1. The fourth-order valence-electron chi connectivity index (χ4n) is 2.03. The van der Waals surface area contributed by atoms with Gasteiger partial charge in [-0.25, -0.2) is 0 Å². The zero-order chi connectivity index (χ0) is 16.2. The summed E-state index contributed by atoms with van der Waals surface area (Å²) in [6.45, 7) is 1.51. The summed E-state index contributed by atoms with van der Waals surface area (Å²) in [6.07, 6.45) is 1.86. The molecule has 0 bridgehead atoms. The Hall–Kier alpha value is -2.67. The first-order chi connectivity index (χ1) is 11.1. The molecule has 2 aromatic heterocycles. The summed E-state index contributed by atoms with van der Waals surface area (Å²) < 4.78 is 1.83. The van der Waals surface area contributed by atoms with E-state index in [-0.39, 0.29) is 17.4 Å². The molecule has 116 valence electrons. The molecule has 0 aliphatic carbocycles. The average Bonchev–Trinajstić information content (AvgIpc) is 2.97. The van der Waals surface area contributed by atoms with Crippen LogP contribution in [-0.4, -0.2) is 32.0 Å². The smallest absolute Gasteiger partial charge is 0.234 e. The maximum atomic E-state index is 12.0. The van der Waals surface area contributed by atoms with E-state index in [1.807, 2.05) is 28.8 Å². The van der Waals surface area contributed by atoms with Gasteiger partial charge in [0.05, 0.1) is 5.75 Å². The Morgan fingerprint density at radius 2 is 1.91 bits per heavy atom. The molecule has 0 spiro atoms. The monoisotopic (exact) mass is 326 g/mol. The highest BCUT2D eigenvalue weighted by molar-refractivity contribution is 7.99. The number of hydrogen-bond acceptors (Lipinski definition) is 5. The molecule has 3 aromatic rings. The van der Waals surface area contributed by atoms with Gasteiger partial charge in [0.25, 0.3) is 0 Å². The van der Waals surface area contributed by atoms with Crippen LogP contribution in [0.5, 0.6) is 0 Å². The molecule has 0 unspecified atom stereocenters. The van der Waals surface area contributed by atoms with Gasteiger partial charge in [-0.05, 0) is 43.3 Å². The molecular formula is C16H14N4O2S. The van der Waals surface area contributed by atoms with E-state index in [0.717, 1.165) is 5.65 Å². The van der Waals surface area contributed by atoms with Crippen molar-refractivity contribution in [2.45, 2.75) is 12.1 Å². The molecule has 1 amide bonds. The average molecular weight is 326 g/mol. The molecule has 0 fully saturated rings. The van der Waals surface area contributed by atoms with E-state index in [4.69, 9.17) is 0 Å². The second-order valence-electron chi connectivity index (χ2n) is 4.88. The standard InChI is InChI=1S/C16H14N4O2S/c1-11(21)12-5-7-13(8-6-12)17-15(22)10-23-16-19-18-14-4-2-3-9-20(14)16/h2-9H,10H2,1H3,(H,17,22). The van der Waals surface area contributed by atoms with Crippen molar-refractivity contribution in [3.8, 4) is 0 Å². The number of nitrogens with one attached hydrogen (secondary N) is 1. The Balaban J connectivity index is 1.60. The van der Waals surface area contributed by atoms with Crippen LogP contribution in [0.25, 0.3) is 5.65 Å². The van der Waals surface area contributed by atoms with Crippen molar-refractivity contribution in [2.75, 3.05) is 11.1 Å². The molecule has 1 aromatic carbocycles. The number of Topliss-reactive ketones (excluding diaryl/α,β-unsaturated/α-hetero) is 1. The molecule has 0 radical (unpaired) electrons. The number of nitrogens with zero attached hydrogens (tertiary/aromatic N) is 3. The largest absolute Gasteiger partial charge is 0.325 e. The van der Waals surface area contributed by atoms with Gasteiger partial charge < -0.3 is 5.32 Å². The molecule has 23 heavy (non-hydrogen) atoms. The van der Waals surface area contributed by atoms with Crippen LogP contribution in [0, 0.1) is 0 Å². The Morgan fingerprint density at radius 1 is 1.13 bits per heavy atom. The van der Waals surface area contributed by atoms with Crippen LogP contribution in [0.15, 0.2) is 53.8 Å². The second-order valence-corrected chi connectivity index (χ2v) is 5.82. The lowest BCUT2D eigenvalue weighted by Gasteiger charge is -2.05. The van der Waals surface area contributed by atoms with Crippen LogP contribution < -0.4 is 5.32 Å². The Labute approximate surface area is 136 Å². The molecule has 3 rings (SSSR count). The van der Waals surface area contributed by atoms with Gasteiger partial charge in [0.15, 0.2) is 16.6 Å². The van der Waals surface area contributed by atoms with E-state index in [1.54, 1.807) is 24.3 Å². The fourth-order valence-corrected chi connectivity index (χ4v) is 2.76. The summed E-state index contributed by atoms with van der Waals surface area (Å²) >= 11 is 1.32. The number of thioether (sulfide) groups is 1. The fraction of sp³-hybridized carbons (Fsp3) is 0.125. The minimum Gasteiger partial charge on any atom is -0.325 e. The predicted molar refractivity (Wildman–Crippen MR) is 88.8 cm³/mol. The Kier molecular flexibility index (Phi) is 4.38. The summed E-state index contributed by atoms with van der Waals surface area (Å²) in [7, 11) is 0. The molecule has 0 aliphatic rings. The van der Waals surface area contributed by atoms with Crippen LogP contribution in [0.2, 0.25) is 0 Å². The van der Waals surface area contributed by atoms with Gasteiger partial charge in [-0.3, -0.25) is 14.0 Å². The summed E-state index contributed by atoms with van der Waals surface area (Å²) in [5.74, 6) is 0.0832. The molecule has 2 heterocycles. The molecule has 0 saturated heterocycles. The van der Waals surface area contributed by atoms with E-state index >= 15 is 0 Å². The first-order valence-corrected chi connectivity index (χ1v) is 7.95. The van der Waals surface area contributed by atoms with E-state index in [2.05, 4.69) is 15.5 Å². The predicted octanol–water partition coefficient (Wildman–Crippen LogP) is 2.66. The number of anilines is 1. The first kappa shape index (κ1) is 15.2. The number of amides is 1. The zero-order valence-electron chi connectivity index (χ0n) is 12.4. The van der Waals surface area contributed by atoms with Crippen LogP contribution in [0.3, 0.4) is 0 Å². The van der Waals surface area contributed by atoms with Crippen molar-refractivity contribution < 1.29 is 9.59 Å². The summed E-state index contributed by atoms with van der Waals surface area (Å²) in [5, 5.41) is 11.6. The topological polar surface area (TPSA) is 76.4 Å². The number of hydrogen-bond donors (Lipinski definition) is 1. The highest BCUT2D eigenvalue weighted by atomic mass is 32.2. The minimum absolute atomic E-state index is 0.00267. The van der Waals surface area contributed by atoms with Crippen molar-refractivity contribution in [1.82, 2.24) is 14.6 Å². The van der Waals surface area contributed by atoms with E-state index in [0.29, 0.717) is 16.4 Å². The molecule has 1 N–H and O–H groups in total. The van der Waals surface area contributed by atoms with Gasteiger partial charge >= 0.3 is 0 Å². The first-order valence-electron chi connectivity index (χ1n) is 6.97. The van der Waals surface area contributed by atoms with Crippen molar-refractivity contribution in [3.05, 3.63) is 54.2 Å². The highest BCUT2D eigenvalue weighted by Crippen LogP contribution is 2.17. The Morgan fingerprint density at radius 3 is 2.65 bits per heavy atom. The van der Waals surface area contributed by atoms with Crippen molar-refractivity contribution in [1.29, 1.82) is 0 Å². The summed E-state index contributed by atoms with van der Waals surface area (Å²) in [5.41, 5.74) is 2.02. The molecular weight excluding hydrogens is 312 g/mol. The van der Waals surface area contributed by atoms with Crippen LogP contribution in [0.1, 0.15) is 17.3 Å². The Bertz CT molecular complexity index is 858. The van der Waals surface area contributed by atoms with Gasteiger partial charge in [-0.2, -0.15) is 0 Å². The maximum Gasteiger partial charge on any atom is 0.234 e. The third-order valence-electron chi connectivity index (χ3n) is 3.19. The quantitative estimate of drug-likeness (QED) is 0.576. The van der Waals surface area contributed by atoms with Crippen LogP contribution in [0.4, 0.5) is 5.69 Å². The van der Waals surface area contributed by atoms with Gasteiger partial charge in [-0.15, -0.1) is 10.2 Å². The number of carbonyl (C=O) groups is 2. The van der Waals surface area contributed by atoms with E-state index in [1.165, 1.54) is 18.7 Å². The van der Waals surface area contributed by atoms with Gasteiger partial charge in [-0.1, -0.05) is 17.8 Å². The molecule has 0 aliphatic heterocycles. The number of ketones is 1. The summed E-state index contributed by atoms with van der Waals surface area (Å²) in [4.78, 5) is 23.2. The van der Waals surface area contributed by atoms with Gasteiger partial charge in [0.2, 0.25) is 5.91 Å². The SMILES string of the molecule is CC(=O)c1ccc(NC(=O)CSc2nnc3ccccn23)cc1. The maximum absolute atomic E-state index is 12.0. The minimum atomic E-state index is -0.141. The molecule has 0 saturated carbocycles. The van der Waals surface area contributed by atoms with E-state index < -0.39 is 0 Å². The summed E-state index contributed by atoms with van der Waals surface area (Å²) in [6, 6.07) is 12.4. The highest BCUT2D eigenvalue weighted by Gasteiger charge is 2.09. The lowest BCUT2D eigenvalue weighted by atomic mass is 10.1. The number of benzene rings is 1. The van der Waals surface area contributed by atoms with Crippen LogP contribution in [-0.2, 0) is 4.79 Å². The van der Waals surface area contributed by atoms with Gasteiger partial charge in [0, 0.05) is 17.4 Å². The number of aromatic nitrogens is 3. The number of rotatable bonds is 5. The molecule has 6 nitrogen and oxygen atoms in total. The molecule has 7 heteroatoms. The normalized spacial score (nSPS) is 10.7. The van der Waals surface area contributed by atoms with Crippen molar-refractivity contribution in [3.63, 3.8) is 0 Å². The van der Waals surface area contributed by atoms with Crippen molar-refractivity contribution >= 4 is 34.8 Å². The number of fused-ring (bicyclic) bond motifs is 1. The van der Waals surface area contributed by atoms with E-state index in [9.17, 15) is 9.59 Å². The number of carbonyl (C=O) groups excluding carboxylic acids is 2. The third-order valence-corrected chi connectivity index (χ3v) is 4.13. The lowest BCUT2D eigenvalue weighted by molar-refractivity contribution is -0.113. The molecule has 0 atom stereocenters. The second kappa shape index (κ2) is 6.62. The van der Waals surface area contributed by atoms with Crippen LogP contribution >= 0.6 is 11.8 Å². The third kappa shape index (κ3) is 3.57. The lowest BCUT2D eigenvalue weighted by Crippen LogP contribution is -2.14. The van der Waals surface area contributed by atoms with Gasteiger partial charge in [0.1, 0.15) is 0 Å². The van der Waals surface area contributed by atoms with Crippen molar-refractivity contribution in [2.24, 2.45) is 0 Å².